The predicted molar refractivity (Wildman–Crippen MR) is 64.0 cm³/mol. The van der Waals surface area contributed by atoms with E-state index in [4.69, 9.17) is 11.6 Å². The van der Waals surface area contributed by atoms with E-state index in [-0.39, 0.29) is 23.3 Å². The fourth-order valence-electron chi connectivity index (χ4n) is 2.42. The van der Waals surface area contributed by atoms with E-state index in [1.165, 1.54) is 11.0 Å². The molecule has 0 aliphatic carbocycles. The summed E-state index contributed by atoms with van der Waals surface area (Å²) in [6.45, 7) is 0.522. The first kappa shape index (κ1) is 12.5. The number of benzene rings is 1. The van der Waals surface area contributed by atoms with Crippen LogP contribution >= 0.6 is 11.6 Å². The SMILES string of the molecule is O=C(CCl)N1CCCc2c1ccc1c2OC(F)(F)O1. The van der Waals surface area contributed by atoms with Crippen LogP contribution in [0, 0.1) is 0 Å². The van der Waals surface area contributed by atoms with E-state index in [1.54, 1.807) is 6.07 Å². The summed E-state index contributed by atoms with van der Waals surface area (Å²) in [5.41, 5.74) is 1.14. The summed E-state index contributed by atoms with van der Waals surface area (Å²) in [5, 5.41) is 0. The van der Waals surface area contributed by atoms with E-state index in [0.29, 0.717) is 30.6 Å². The molecule has 2 aliphatic heterocycles. The van der Waals surface area contributed by atoms with E-state index in [2.05, 4.69) is 9.47 Å². The number of halogens is 3. The smallest absolute Gasteiger partial charge is 0.395 e. The molecule has 0 saturated carbocycles. The summed E-state index contributed by atoms with van der Waals surface area (Å²) in [4.78, 5) is 13.2. The molecule has 2 heterocycles. The largest absolute Gasteiger partial charge is 0.586 e. The van der Waals surface area contributed by atoms with Crippen molar-refractivity contribution in [3.8, 4) is 11.5 Å². The number of hydrogen-bond donors (Lipinski definition) is 0. The Kier molecular flexibility index (Phi) is 2.78. The number of carbonyl (C=O) groups is 1. The fraction of sp³-hybridized carbons (Fsp3) is 0.417. The molecule has 0 N–H and O–H groups in total. The quantitative estimate of drug-likeness (QED) is 0.746. The molecule has 0 aromatic heterocycles. The lowest BCUT2D eigenvalue weighted by Gasteiger charge is -2.29. The lowest BCUT2D eigenvalue weighted by atomic mass is 10.00. The van der Waals surface area contributed by atoms with Gasteiger partial charge in [-0.15, -0.1) is 20.4 Å². The molecular weight excluding hydrogens is 280 g/mol. The summed E-state index contributed by atoms with van der Waals surface area (Å²) in [6, 6.07) is 2.97. The number of hydrogen-bond acceptors (Lipinski definition) is 3. The number of nitrogens with zero attached hydrogens (tertiary/aromatic N) is 1. The monoisotopic (exact) mass is 289 g/mol. The molecule has 0 atom stereocenters. The molecule has 0 fully saturated rings. The van der Waals surface area contributed by atoms with Gasteiger partial charge in [0.1, 0.15) is 5.88 Å². The number of anilines is 1. The van der Waals surface area contributed by atoms with E-state index in [9.17, 15) is 13.6 Å². The van der Waals surface area contributed by atoms with Crippen LogP contribution in [0.1, 0.15) is 12.0 Å². The lowest BCUT2D eigenvalue weighted by molar-refractivity contribution is -0.286. The van der Waals surface area contributed by atoms with Gasteiger partial charge in [-0.2, -0.15) is 0 Å². The van der Waals surface area contributed by atoms with Crippen molar-refractivity contribution in [1.82, 2.24) is 0 Å². The van der Waals surface area contributed by atoms with Crippen LogP contribution in [0.3, 0.4) is 0 Å². The third kappa shape index (κ3) is 2.00. The highest BCUT2D eigenvalue weighted by Crippen LogP contribution is 2.48. The summed E-state index contributed by atoms with van der Waals surface area (Å²) >= 11 is 5.55. The molecule has 0 unspecified atom stereocenters. The van der Waals surface area contributed by atoms with Gasteiger partial charge in [0.25, 0.3) is 0 Å². The zero-order valence-corrected chi connectivity index (χ0v) is 10.5. The van der Waals surface area contributed by atoms with Crippen LogP contribution in [0.5, 0.6) is 11.5 Å². The Bertz CT molecular complexity index is 550. The number of ether oxygens (including phenoxy) is 2. The Labute approximate surface area is 112 Å². The standard InChI is InChI=1S/C12H10ClF2NO3/c13-6-10(17)16-5-1-2-7-8(16)3-4-9-11(7)19-12(14,15)18-9/h3-4H,1-2,5-6H2. The first-order valence-corrected chi connectivity index (χ1v) is 6.33. The second kappa shape index (κ2) is 4.23. The number of amides is 1. The van der Waals surface area contributed by atoms with Crippen molar-refractivity contribution in [2.75, 3.05) is 17.3 Å². The zero-order chi connectivity index (χ0) is 13.6. The van der Waals surface area contributed by atoms with Gasteiger partial charge in [-0.05, 0) is 25.0 Å². The highest BCUT2D eigenvalue weighted by Gasteiger charge is 2.45. The molecule has 1 aromatic carbocycles. The molecule has 4 nitrogen and oxygen atoms in total. The third-order valence-electron chi connectivity index (χ3n) is 3.16. The zero-order valence-electron chi connectivity index (χ0n) is 9.79. The number of carbonyl (C=O) groups excluding carboxylic acids is 1. The van der Waals surface area contributed by atoms with Crippen LogP contribution < -0.4 is 14.4 Å². The van der Waals surface area contributed by atoms with Crippen LogP contribution in [0.2, 0.25) is 0 Å². The summed E-state index contributed by atoms with van der Waals surface area (Å²) in [6.07, 6.45) is -2.42. The van der Waals surface area contributed by atoms with Gasteiger partial charge in [-0.3, -0.25) is 4.79 Å². The normalized spacial score (nSPS) is 19.2. The molecule has 2 aliphatic rings. The summed E-state index contributed by atoms with van der Waals surface area (Å²) in [7, 11) is 0. The van der Waals surface area contributed by atoms with Crippen LogP contribution in [-0.4, -0.2) is 24.6 Å². The molecule has 0 saturated heterocycles. The molecule has 0 spiro atoms. The van der Waals surface area contributed by atoms with Crippen molar-refractivity contribution < 1.29 is 23.0 Å². The van der Waals surface area contributed by atoms with Crippen molar-refractivity contribution in [2.24, 2.45) is 0 Å². The molecule has 3 rings (SSSR count). The Hall–Kier alpha value is -1.56. The number of fused-ring (bicyclic) bond motifs is 3. The second-order valence-corrected chi connectivity index (χ2v) is 4.61. The Morgan fingerprint density at radius 2 is 2.21 bits per heavy atom. The first-order valence-electron chi connectivity index (χ1n) is 5.80. The maximum absolute atomic E-state index is 13.1. The average molecular weight is 290 g/mol. The molecule has 0 bridgehead atoms. The van der Waals surface area contributed by atoms with Gasteiger partial charge < -0.3 is 14.4 Å². The van der Waals surface area contributed by atoms with Gasteiger partial charge in [0.05, 0.1) is 5.69 Å². The highest BCUT2D eigenvalue weighted by atomic mass is 35.5. The minimum absolute atomic E-state index is 0.00363. The van der Waals surface area contributed by atoms with Crippen molar-refractivity contribution in [1.29, 1.82) is 0 Å². The van der Waals surface area contributed by atoms with E-state index >= 15 is 0 Å². The molecule has 19 heavy (non-hydrogen) atoms. The van der Waals surface area contributed by atoms with Gasteiger partial charge >= 0.3 is 6.29 Å². The van der Waals surface area contributed by atoms with Gasteiger partial charge in [0.15, 0.2) is 11.5 Å². The minimum atomic E-state index is -3.64. The minimum Gasteiger partial charge on any atom is -0.395 e. The molecule has 7 heteroatoms. The topological polar surface area (TPSA) is 38.8 Å². The molecular formula is C12H10ClF2NO3. The fourth-order valence-corrected chi connectivity index (χ4v) is 2.56. The maximum Gasteiger partial charge on any atom is 0.586 e. The lowest BCUT2D eigenvalue weighted by Crippen LogP contribution is -2.36. The molecule has 1 amide bonds. The Balaban J connectivity index is 2.06. The van der Waals surface area contributed by atoms with E-state index in [1.807, 2.05) is 0 Å². The molecule has 102 valence electrons. The third-order valence-corrected chi connectivity index (χ3v) is 3.39. The van der Waals surface area contributed by atoms with Gasteiger partial charge in [-0.25, -0.2) is 0 Å². The van der Waals surface area contributed by atoms with Crippen LogP contribution in [-0.2, 0) is 11.2 Å². The van der Waals surface area contributed by atoms with Crippen molar-refractivity contribution in [3.05, 3.63) is 17.7 Å². The summed E-state index contributed by atoms with van der Waals surface area (Å²) < 4.78 is 35.1. The Morgan fingerprint density at radius 1 is 1.42 bits per heavy atom. The van der Waals surface area contributed by atoms with Crippen molar-refractivity contribution >= 4 is 23.2 Å². The second-order valence-electron chi connectivity index (χ2n) is 4.34. The average Bonchev–Trinajstić information content (AvgIpc) is 2.71. The van der Waals surface area contributed by atoms with Crippen LogP contribution in [0.25, 0.3) is 0 Å². The Morgan fingerprint density at radius 3 is 2.95 bits per heavy atom. The summed E-state index contributed by atoms with van der Waals surface area (Å²) in [5.74, 6) is -0.379. The van der Waals surface area contributed by atoms with E-state index < -0.39 is 6.29 Å². The highest BCUT2D eigenvalue weighted by molar-refractivity contribution is 6.29. The van der Waals surface area contributed by atoms with Crippen LogP contribution in [0.15, 0.2) is 12.1 Å². The van der Waals surface area contributed by atoms with Gasteiger partial charge in [0, 0.05) is 12.1 Å². The van der Waals surface area contributed by atoms with Crippen molar-refractivity contribution in [3.63, 3.8) is 0 Å². The first-order chi connectivity index (χ1) is 9.02. The van der Waals surface area contributed by atoms with E-state index in [0.717, 1.165) is 0 Å². The number of alkyl halides is 3. The van der Waals surface area contributed by atoms with Crippen molar-refractivity contribution in [2.45, 2.75) is 19.1 Å². The van der Waals surface area contributed by atoms with Crippen LogP contribution in [0.4, 0.5) is 14.5 Å². The predicted octanol–water partition coefficient (Wildman–Crippen LogP) is 2.53. The molecule has 1 aromatic rings. The number of rotatable bonds is 1. The molecule has 0 radical (unpaired) electrons. The maximum atomic E-state index is 13.1. The van der Waals surface area contributed by atoms with Gasteiger partial charge in [-0.1, -0.05) is 0 Å². The van der Waals surface area contributed by atoms with Gasteiger partial charge in [0.2, 0.25) is 5.91 Å².